The summed E-state index contributed by atoms with van der Waals surface area (Å²) < 4.78 is 2.07. The van der Waals surface area contributed by atoms with Gasteiger partial charge in [-0.15, -0.1) is 0 Å². The minimum atomic E-state index is 0.280. The molecule has 1 aromatic rings. The summed E-state index contributed by atoms with van der Waals surface area (Å²) in [5, 5.41) is 4.65. The molecule has 18 heavy (non-hydrogen) atoms. The lowest BCUT2D eigenvalue weighted by molar-refractivity contribution is 0.340. The number of hydrogen-bond acceptors (Lipinski definition) is 2. The number of aromatic nitrogens is 2. The molecule has 0 saturated heterocycles. The van der Waals surface area contributed by atoms with Gasteiger partial charge in [0.2, 0.25) is 0 Å². The Bertz CT molecular complexity index is 372. The number of hydrogen-bond donors (Lipinski definition) is 1. The summed E-state index contributed by atoms with van der Waals surface area (Å²) in [6, 6.07) is 2.90. The molecule has 4 unspecified atom stereocenters. The van der Waals surface area contributed by atoms with Crippen molar-refractivity contribution in [2.75, 3.05) is 0 Å². The molecule has 1 aromatic heterocycles. The zero-order valence-electron chi connectivity index (χ0n) is 12.0. The van der Waals surface area contributed by atoms with Gasteiger partial charge in [0.15, 0.2) is 0 Å². The van der Waals surface area contributed by atoms with E-state index in [-0.39, 0.29) is 6.04 Å². The predicted octanol–water partition coefficient (Wildman–Crippen LogP) is 3.16. The third-order valence-electron chi connectivity index (χ3n) is 4.63. The van der Waals surface area contributed by atoms with Gasteiger partial charge in [0.25, 0.3) is 0 Å². The zero-order chi connectivity index (χ0) is 13.1. The Labute approximate surface area is 111 Å². The fourth-order valence-corrected chi connectivity index (χ4v) is 3.12. The third kappa shape index (κ3) is 2.94. The van der Waals surface area contributed by atoms with Crippen LogP contribution in [0.15, 0.2) is 12.3 Å². The van der Waals surface area contributed by atoms with Crippen LogP contribution in [0.2, 0.25) is 0 Å². The molecule has 0 aromatic carbocycles. The van der Waals surface area contributed by atoms with E-state index in [2.05, 4.69) is 42.8 Å². The van der Waals surface area contributed by atoms with Gasteiger partial charge in [-0.05, 0) is 37.7 Å². The Morgan fingerprint density at radius 1 is 1.50 bits per heavy atom. The molecule has 2 N–H and O–H groups in total. The number of rotatable bonds is 5. The zero-order valence-corrected chi connectivity index (χ0v) is 12.0. The molecule has 1 saturated carbocycles. The van der Waals surface area contributed by atoms with Gasteiger partial charge in [0.05, 0.1) is 5.69 Å². The Morgan fingerprint density at radius 2 is 2.28 bits per heavy atom. The highest BCUT2D eigenvalue weighted by Crippen LogP contribution is 2.33. The predicted molar refractivity (Wildman–Crippen MR) is 75.4 cm³/mol. The molecule has 0 radical (unpaired) electrons. The fourth-order valence-electron chi connectivity index (χ4n) is 3.12. The van der Waals surface area contributed by atoms with Crippen LogP contribution in [-0.4, -0.2) is 15.8 Å². The summed E-state index contributed by atoms with van der Waals surface area (Å²) in [5.41, 5.74) is 7.52. The summed E-state index contributed by atoms with van der Waals surface area (Å²) in [6.07, 6.45) is 8.13. The average molecular weight is 249 g/mol. The quantitative estimate of drug-likeness (QED) is 0.871. The van der Waals surface area contributed by atoms with E-state index in [1.807, 2.05) is 0 Å². The van der Waals surface area contributed by atoms with E-state index < -0.39 is 0 Å². The van der Waals surface area contributed by atoms with Crippen LogP contribution in [0.25, 0.3) is 0 Å². The van der Waals surface area contributed by atoms with Crippen LogP contribution >= 0.6 is 0 Å². The second-order valence-corrected chi connectivity index (χ2v) is 5.98. The van der Waals surface area contributed by atoms with Gasteiger partial charge < -0.3 is 5.73 Å². The van der Waals surface area contributed by atoms with Crippen LogP contribution in [0, 0.1) is 11.8 Å². The second kappa shape index (κ2) is 5.87. The molecule has 102 valence electrons. The first-order chi connectivity index (χ1) is 8.61. The van der Waals surface area contributed by atoms with E-state index in [0.29, 0.717) is 12.0 Å². The minimum absolute atomic E-state index is 0.280. The maximum atomic E-state index is 6.37. The van der Waals surface area contributed by atoms with Gasteiger partial charge in [0.1, 0.15) is 0 Å². The summed E-state index contributed by atoms with van der Waals surface area (Å²) in [6.45, 7) is 6.74. The van der Waals surface area contributed by atoms with Gasteiger partial charge in [-0.3, -0.25) is 4.68 Å². The maximum absolute atomic E-state index is 6.37. The molecule has 1 aliphatic rings. The van der Waals surface area contributed by atoms with Crippen molar-refractivity contribution in [3.8, 4) is 0 Å². The molecule has 0 spiro atoms. The van der Waals surface area contributed by atoms with Crippen molar-refractivity contribution in [1.29, 1.82) is 0 Å². The van der Waals surface area contributed by atoms with E-state index in [0.717, 1.165) is 24.5 Å². The highest BCUT2D eigenvalue weighted by molar-refractivity contribution is 5.03. The lowest BCUT2D eigenvalue weighted by atomic mass is 9.88. The molecular weight excluding hydrogens is 222 g/mol. The molecular formula is C15H27N3. The SMILES string of the molecule is CCC(C)n1ccc(CC(N)C2CCCC2C)n1. The number of nitrogens with two attached hydrogens (primary N) is 1. The summed E-state index contributed by atoms with van der Waals surface area (Å²) in [5.74, 6) is 1.48. The van der Waals surface area contributed by atoms with Crippen molar-refractivity contribution in [2.24, 2.45) is 17.6 Å². The van der Waals surface area contributed by atoms with Crippen molar-refractivity contribution in [3.05, 3.63) is 18.0 Å². The first kappa shape index (κ1) is 13.6. The lowest BCUT2D eigenvalue weighted by Gasteiger charge is -2.22. The fraction of sp³-hybridized carbons (Fsp3) is 0.800. The molecule has 1 aliphatic carbocycles. The molecule has 0 aliphatic heterocycles. The summed E-state index contributed by atoms with van der Waals surface area (Å²) >= 11 is 0. The Hall–Kier alpha value is -0.830. The Balaban J connectivity index is 1.94. The number of nitrogens with zero attached hydrogens (tertiary/aromatic N) is 2. The standard InChI is InChI=1S/C15H27N3/c1-4-12(3)18-9-8-13(17-18)10-15(16)14-7-5-6-11(14)2/h8-9,11-12,14-15H,4-7,10,16H2,1-3H3. The van der Waals surface area contributed by atoms with Crippen molar-refractivity contribution in [1.82, 2.24) is 9.78 Å². The van der Waals surface area contributed by atoms with E-state index >= 15 is 0 Å². The monoisotopic (exact) mass is 249 g/mol. The molecule has 1 fully saturated rings. The van der Waals surface area contributed by atoms with Crippen molar-refractivity contribution in [3.63, 3.8) is 0 Å². The molecule has 0 bridgehead atoms. The molecule has 0 amide bonds. The first-order valence-corrected chi connectivity index (χ1v) is 7.41. The van der Waals surface area contributed by atoms with Gasteiger partial charge in [-0.25, -0.2) is 0 Å². The Morgan fingerprint density at radius 3 is 2.89 bits per heavy atom. The van der Waals surface area contributed by atoms with Gasteiger partial charge >= 0.3 is 0 Å². The van der Waals surface area contributed by atoms with E-state index in [1.54, 1.807) is 0 Å². The minimum Gasteiger partial charge on any atom is -0.327 e. The van der Waals surface area contributed by atoms with Crippen LogP contribution in [0.1, 0.15) is 58.2 Å². The van der Waals surface area contributed by atoms with Crippen LogP contribution in [0.3, 0.4) is 0 Å². The van der Waals surface area contributed by atoms with E-state index in [1.165, 1.54) is 19.3 Å². The molecule has 4 atom stereocenters. The van der Waals surface area contributed by atoms with E-state index in [4.69, 9.17) is 5.73 Å². The maximum Gasteiger partial charge on any atom is 0.0640 e. The van der Waals surface area contributed by atoms with Crippen molar-refractivity contribution >= 4 is 0 Å². The summed E-state index contributed by atoms with van der Waals surface area (Å²) in [4.78, 5) is 0. The van der Waals surface area contributed by atoms with Crippen molar-refractivity contribution < 1.29 is 0 Å². The highest BCUT2D eigenvalue weighted by Gasteiger charge is 2.29. The molecule has 3 heteroatoms. The topological polar surface area (TPSA) is 43.8 Å². The van der Waals surface area contributed by atoms with Crippen LogP contribution in [0.4, 0.5) is 0 Å². The normalized spacial score (nSPS) is 27.3. The Kier molecular flexibility index (Phi) is 4.44. The average Bonchev–Trinajstić information content (AvgIpc) is 2.97. The first-order valence-electron chi connectivity index (χ1n) is 7.41. The van der Waals surface area contributed by atoms with Crippen LogP contribution < -0.4 is 5.73 Å². The van der Waals surface area contributed by atoms with Crippen molar-refractivity contribution in [2.45, 2.75) is 65.0 Å². The van der Waals surface area contributed by atoms with Gasteiger partial charge in [-0.2, -0.15) is 5.10 Å². The smallest absolute Gasteiger partial charge is 0.0640 e. The lowest BCUT2D eigenvalue weighted by Crippen LogP contribution is -2.33. The highest BCUT2D eigenvalue weighted by atomic mass is 15.3. The van der Waals surface area contributed by atoms with Crippen LogP contribution in [-0.2, 0) is 6.42 Å². The largest absolute Gasteiger partial charge is 0.327 e. The van der Waals surface area contributed by atoms with Crippen LogP contribution in [0.5, 0.6) is 0 Å². The van der Waals surface area contributed by atoms with Gasteiger partial charge in [-0.1, -0.05) is 26.7 Å². The van der Waals surface area contributed by atoms with E-state index in [9.17, 15) is 0 Å². The third-order valence-corrected chi connectivity index (χ3v) is 4.63. The molecule has 2 rings (SSSR count). The summed E-state index contributed by atoms with van der Waals surface area (Å²) in [7, 11) is 0. The molecule has 3 nitrogen and oxygen atoms in total. The second-order valence-electron chi connectivity index (χ2n) is 5.98. The van der Waals surface area contributed by atoms with Gasteiger partial charge in [0, 0.05) is 24.7 Å². The molecule has 1 heterocycles.